The smallest absolute Gasteiger partial charge is 0.330 e. The summed E-state index contributed by atoms with van der Waals surface area (Å²) in [4.78, 5) is 30.3. The van der Waals surface area contributed by atoms with Crippen molar-refractivity contribution in [3.05, 3.63) is 12.7 Å². The van der Waals surface area contributed by atoms with Crippen molar-refractivity contribution in [2.75, 3.05) is 0 Å². The molecule has 0 aromatic rings. The van der Waals surface area contributed by atoms with Crippen LogP contribution in [0.25, 0.3) is 0 Å². The molecule has 0 spiro atoms. The first-order chi connectivity index (χ1) is 7.58. The van der Waals surface area contributed by atoms with Gasteiger partial charge in [-0.3, -0.25) is 9.59 Å². The van der Waals surface area contributed by atoms with Gasteiger partial charge < -0.3 is 16.2 Å². The van der Waals surface area contributed by atoms with Crippen LogP contribution < -0.4 is 11.5 Å². The standard InChI is InChI=1S/C7H12O2.C4H8N2O2/c1-5-6(8)9-7(2,3)4;5-3(7)1-2-4(6)8/h5H,1H2,2-4H3;1-2H2,(H2,5,7)(H2,6,8). The van der Waals surface area contributed by atoms with E-state index in [2.05, 4.69) is 6.58 Å². The van der Waals surface area contributed by atoms with Crippen molar-refractivity contribution in [3.8, 4) is 0 Å². The first-order valence-electron chi connectivity index (χ1n) is 5.00. The molecular formula is C11H20N2O4. The normalized spacial score (nSPS) is 9.59. The van der Waals surface area contributed by atoms with Crippen molar-refractivity contribution in [1.82, 2.24) is 0 Å². The zero-order valence-corrected chi connectivity index (χ0v) is 10.5. The average Bonchev–Trinajstić information content (AvgIpc) is 2.13. The summed E-state index contributed by atoms with van der Waals surface area (Å²) in [7, 11) is 0. The highest BCUT2D eigenvalue weighted by Gasteiger charge is 2.12. The molecule has 98 valence electrons. The maximum atomic E-state index is 10.5. The second-order valence-corrected chi connectivity index (χ2v) is 4.17. The highest BCUT2D eigenvalue weighted by molar-refractivity contribution is 5.82. The number of esters is 1. The van der Waals surface area contributed by atoms with Gasteiger partial charge in [-0.05, 0) is 20.8 Å². The van der Waals surface area contributed by atoms with Gasteiger partial charge in [0, 0.05) is 18.9 Å². The van der Waals surface area contributed by atoms with Gasteiger partial charge in [-0.25, -0.2) is 4.79 Å². The third-order valence-corrected chi connectivity index (χ3v) is 1.19. The molecule has 0 heterocycles. The number of carbonyl (C=O) groups excluding carboxylic acids is 3. The second-order valence-electron chi connectivity index (χ2n) is 4.17. The summed E-state index contributed by atoms with van der Waals surface area (Å²) < 4.78 is 4.83. The number of nitrogens with two attached hydrogens (primary N) is 2. The molecule has 0 aromatic heterocycles. The minimum absolute atomic E-state index is 0.0509. The van der Waals surface area contributed by atoms with Gasteiger partial charge in [0.15, 0.2) is 0 Å². The van der Waals surface area contributed by atoms with Gasteiger partial charge in [-0.2, -0.15) is 0 Å². The fraction of sp³-hybridized carbons (Fsp3) is 0.545. The Morgan fingerprint density at radius 2 is 1.47 bits per heavy atom. The van der Waals surface area contributed by atoms with E-state index in [1.54, 1.807) is 0 Å². The summed E-state index contributed by atoms with van der Waals surface area (Å²) in [5, 5.41) is 0. The van der Waals surface area contributed by atoms with Crippen LogP contribution in [0.3, 0.4) is 0 Å². The van der Waals surface area contributed by atoms with E-state index in [4.69, 9.17) is 16.2 Å². The highest BCUT2D eigenvalue weighted by Crippen LogP contribution is 2.06. The molecule has 0 aromatic carbocycles. The van der Waals surface area contributed by atoms with E-state index in [9.17, 15) is 14.4 Å². The third-order valence-electron chi connectivity index (χ3n) is 1.19. The molecule has 0 fully saturated rings. The Labute approximate surface area is 101 Å². The number of hydrogen-bond acceptors (Lipinski definition) is 4. The van der Waals surface area contributed by atoms with E-state index >= 15 is 0 Å². The molecule has 4 N–H and O–H groups in total. The molecule has 0 unspecified atom stereocenters. The van der Waals surface area contributed by atoms with Crippen LogP contribution in [0.4, 0.5) is 0 Å². The fourth-order valence-electron chi connectivity index (χ4n) is 0.590. The number of hydrogen-bond donors (Lipinski definition) is 2. The molecule has 6 heteroatoms. The van der Waals surface area contributed by atoms with Crippen molar-refractivity contribution in [1.29, 1.82) is 0 Å². The van der Waals surface area contributed by atoms with Crippen LogP contribution >= 0.6 is 0 Å². The van der Waals surface area contributed by atoms with E-state index in [1.807, 2.05) is 20.8 Å². The van der Waals surface area contributed by atoms with E-state index in [0.717, 1.165) is 6.08 Å². The largest absolute Gasteiger partial charge is 0.457 e. The van der Waals surface area contributed by atoms with Gasteiger partial charge in [0.2, 0.25) is 11.8 Å². The van der Waals surface area contributed by atoms with Gasteiger partial charge in [0.25, 0.3) is 0 Å². The SMILES string of the molecule is C=CC(=O)OC(C)(C)C.NC(=O)CCC(N)=O. The Hall–Kier alpha value is -1.85. The van der Waals surface area contributed by atoms with Crippen molar-refractivity contribution < 1.29 is 19.1 Å². The van der Waals surface area contributed by atoms with Gasteiger partial charge in [0.05, 0.1) is 0 Å². The monoisotopic (exact) mass is 244 g/mol. The number of ether oxygens (including phenoxy) is 1. The first kappa shape index (κ1) is 17.5. The van der Waals surface area contributed by atoms with Crippen LogP contribution in [-0.4, -0.2) is 23.4 Å². The summed E-state index contributed by atoms with van der Waals surface area (Å²) in [6.45, 7) is 8.71. The third kappa shape index (κ3) is 20.3. The molecule has 0 aliphatic rings. The number of amides is 2. The molecule has 2 amide bonds. The lowest BCUT2D eigenvalue weighted by Gasteiger charge is -2.17. The van der Waals surface area contributed by atoms with E-state index in [1.165, 1.54) is 0 Å². The van der Waals surface area contributed by atoms with Crippen LogP contribution in [0.2, 0.25) is 0 Å². The molecule has 17 heavy (non-hydrogen) atoms. The number of rotatable bonds is 4. The second kappa shape index (κ2) is 8.32. The lowest BCUT2D eigenvalue weighted by Crippen LogP contribution is -2.22. The quantitative estimate of drug-likeness (QED) is 0.545. The number of primary amides is 2. The minimum Gasteiger partial charge on any atom is -0.457 e. The topological polar surface area (TPSA) is 112 Å². The molecule has 0 radical (unpaired) electrons. The Morgan fingerprint density at radius 1 is 1.12 bits per heavy atom. The van der Waals surface area contributed by atoms with Gasteiger partial charge in [-0.15, -0.1) is 0 Å². The predicted octanol–water partition coefficient (Wildman–Crippen LogP) is 0.251. The Morgan fingerprint density at radius 3 is 1.59 bits per heavy atom. The number of carbonyl (C=O) groups is 3. The summed E-state index contributed by atoms with van der Waals surface area (Å²) >= 11 is 0. The van der Waals surface area contributed by atoms with Crippen molar-refractivity contribution in [2.45, 2.75) is 39.2 Å². The van der Waals surface area contributed by atoms with E-state index in [-0.39, 0.29) is 18.8 Å². The molecule has 0 saturated heterocycles. The van der Waals surface area contributed by atoms with E-state index in [0.29, 0.717) is 0 Å². The summed E-state index contributed by atoms with van der Waals surface area (Å²) in [6, 6.07) is 0. The van der Waals surface area contributed by atoms with Crippen molar-refractivity contribution in [3.63, 3.8) is 0 Å². The molecule has 0 saturated carbocycles. The molecule has 0 aliphatic heterocycles. The lowest BCUT2D eigenvalue weighted by molar-refractivity contribution is -0.148. The zero-order valence-electron chi connectivity index (χ0n) is 10.5. The maximum absolute atomic E-state index is 10.5. The highest BCUT2D eigenvalue weighted by atomic mass is 16.6. The van der Waals surface area contributed by atoms with Crippen LogP contribution in [0.15, 0.2) is 12.7 Å². The maximum Gasteiger partial charge on any atom is 0.330 e. The average molecular weight is 244 g/mol. The van der Waals surface area contributed by atoms with Gasteiger partial charge in [0.1, 0.15) is 5.60 Å². The van der Waals surface area contributed by atoms with Crippen LogP contribution in [0.5, 0.6) is 0 Å². The van der Waals surface area contributed by atoms with Crippen molar-refractivity contribution >= 4 is 17.8 Å². The van der Waals surface area contributed by atoms with Crippen molar-refractivity contribution in [2.24, 2.45) is 11.5 Å². The summed E-state index contributed by atoms with van der Waals surface area (Å²) in [6.07, 6.45) is 1.26. The van der Waals surface area contributed by atoms with Gasteiger partial charge in [-0.1, -0.05) is 6.58 Å². The molecule has 6 nitrogen and oxygen atoms in total. The Kier molecular flexibility index (Phi) is 8.58. The lowest BCUT2D eigenvalue weighted by atomic mass is 10.2. The van der Waals surface area contributed by atoms with E-state index < -0.39 is 17.4 Å². The fourth-order valence-corrected chi connectivity index (χ4v) is 0.590. The van der Waals surface area contributed by atoms with Gasteiger partial charge >= 0.3 is 5.97 Å². The van der Waals surface area contributed by atoms with Crippen LogP contribution in [-0.2, 0) is 19.1 Å². The zero-order chi connectivity index (χ0) is 14.1. The predicted molar refractivity (Wildman–Crippen MR) is 63.7 cm³/mol. The Bertz CT molecular complexity index is 278. The minimum atomic E-state index is -0.496. The molecular weight excluding hydrogens is 224 g/mol. The first-order valence-corrected chi connectivity index (χ1v) is 5.00. The van der Waals surface area contributed by atoms with Crippen LogP contribution in [0, 0.1) is 0 Å². The molecule has 0 rings (SSSR count). The Balaban J connectivity index is 0. The summed E-state index contributed by atoms with van der Waals surface area (Å²) in [5.74, 6) is -1.37. The summed E-state index contributed by atoms with van der Waals surface area (Å²) in [5.41, 5.74) is 8.99. The van der Waals surface area contributed by atoms with Crippen LogP contribution in [0.1, 0.15) is 33.6 Å². The molecule has 0 atom stereocenters. The molecule has 0 bridgehead atoms. The molecule has 0 aliphatic carbocycles.